The Kier molecular flexibility index (Phi) is 5.75. The Labute approximate surface area is 293 Å². The maximum absolute atomic E-state index is 2.89. The van der Waals surface area contributed by atoms with Crippen molar-refractivity contribution in [1.29, 1.82) is 0 Å². The van der Waals surface area contributed by atoms with E-state index >= 15 is 0 Å². The molecule has 0 fully saturated rings. The Balaban J connectivity index is 1.38. The summed E-state index contributed by atoms with van der Waals surface area (Å²) in [4.78, 5) is 2.61. The lowest BCUT2D eigenvalue weighted by molar-refractivity contribution is 1.30. The molecule has 2 heteroatoms. The maximum Gasteiger partial charge on any atom is 0.185 e. The van der Waals surface area contributed by atoms with Crippen LogP contribution in [0.2, 0.25) is 0 Å². The first kappa shape index (κ1) is 27.7. The summed E-state index contributed by atoms with van der Waals surface area (Å²) in [6.07, 6.45) is 0. The van der Waals surface area contributed by atoms with E-state index in [-0.39, 0.29) is 0 Å². The molecule has 3 heterocycles. The Hall–Kier alpha value is -6.22. The monoisotopic (exact) mass is 649 g/mol. The summed E-state index contributed by atoms with van der Waals surface area (Å²) in [5.41, 5.74) is 16.7. The van der Waals surface area contributed by atoms with Gasteiger partial charge in [-0.25, -0.2) is 0 Å². The fourth-order valence-corrected chi connectivity index (χ4v) is 14.8. The van der Waals surface area contributed by atoms with Gasteiger partial charge in [-0.2, -0.15) is 0 Å². The molecule has 232 valence electrons. The lowest BCUT2D eigenvalue weighted by Gasteiger charge is -2.45. The zero-order chi connectivity index (χ0) is 32.8. The van der Waals surface area contributed by atoms with Gasteiger partial charge in [-0.1, -0.05) is 170 Å². The van der Waals surface area contributed by atoms with Crippen molar-refractivity contribution in [2.24, 2.45) is 0 Å². The highest BCUT2D eigenvalue weighted by Crippen LogP contribution is 2.53. The van der Waals surface area contributed by atoms with Crippen LogP contribution in [0.25, 0.3) is 55.6 Å². The molecule has 3 aliphatic heterocycles. The highest BCUT2D eigenvalue weighted by molar-refractivity contribution is 7.23. The summed E-state index contributed by atoms with van der Waals surface area (Å²) < 4.78 is 0. The van der Waals surface area contributed by atoms with Crippen LogP contribution >= 0.6 is 0 Å². The lowest BCUT2D eigenvalue weighted by Crippen LogP contribution is -2.75. The average molecular weight is 650 g/mol. The predicted molar refractivity (Wildman–Crippen MR) is 213 cm³/mol. The minimum atomic E-state index is -2.89. The van der Waals surface area contributed by atoms with Crippen molar-refractivity contribution in [3.8, 4) is 55.6 Å². The molecule has 1 spiro atoms. The van der Waals surface area contributed by atoms with E-state index in [0.717, 1.165) is 0 Å². The number of benzene rings is 8. The van der Waals surface area contributed by atoms with Crippen LogP contribution < -0.4 is 25.6 Å². The Morgan fingerprint density at radius 1 is 0.280 bits per heavy atom. The molecule has 3 aliphatic rings. The number of fused-ring (bicyclic) bond motifs is 14. The summed E-state index contributed by atoms with van der Waals surface area (Å²) >= 11 is 0. The predicted octanol–water partition coefficient (Wildman–Crippen LogP) is 9.81. The third-order valence-corrected chi connectivity index (χ3v) is 16.1. The van der Waals surface area contributed by atoms with Crippen LogP contribution in [0.5, 0.6) is 0 Å². The molecule has 0 atom stereocenters. The Morgan fingerprint density at radius 2 is 0.780 bits per heavy atom. The van der Waals surface area contributed by atoms with Crippen LogP contribution in [0, 0.1) is 0 Å². The average Bonchev–Trinajstić information content (AvgIpc) is 3.42. The van der Waals surface area contributed by atoms with E-state index in [2.05, 4.69) is 193 Å². The van der Waals surface area contributed by atoms with Gasteiger partial charge in [0.05, 0.1) is 11.4 Å². The van der Waals surface area contributed by atoms with Gasteiger partial charge in [0.25, 0.3) is 0 Å². The van der Waals surface area contributed by atoms with Crippen LogP contribution in [0.1, 0.15) is 0 Å². The summed E-state index contributed by atoms with van der Waals surface area (Å²) in [6.45, 7) is 0. The van der Waals surface area contributed by atoms with Crippen LogP contribution in [0.4, 0.5) is 17.1 Å². The van der Waals surface area contributed by atoms with Crippen LogP contribution in [0.15, 0.2) is 188 Å². The lowest BCUT2D eigenvalue weighted by atomic mass is 9.92. The largest absolute Gasteiger partial charge is 0.309 e. The van der Waals surface area contributed by atoms with E-state index in [1.54, 1.807) is 0 Å². The van der Waals surface area contributed by atoms with Gasteiger partial charge in [0, 0.05) is 16.8 Å². The molecule has 8 aromatic rings. The first-order chi connectivity index (χ1) is 24.8. The van der Waals surface area contributed by atoms with Crippen LogP contribution in [-0.2, 0) is 0 Å². The molecule has 0 bridgehead atoms. The topological polar surface area (TPSA) is 3.24 Å². The second kappa shape index (κ2) is 10.4. The third kappa shape index (κ3) is 3.61. The first-order valence-corrected chi connectivity index (χ1v) is 19.4. The molecule has 50 heavy (non-hydrogen) atoms. The SMILES string of the molecule is c1ccc(-c2ccc3c(c2)[Si]2(c4ccccc4-c4ccccc42)c2cc(-c4ccccc4)cc4c2N3c2ccccc2-c2ccccc2-4)cc1. The van der Waals surface area contributed by atoms with Crippen molar-refractivity contribution in [1.82, 2.24) is 0 Å². The Bertz CT molecular complexity index is 2610. The minimum Gasteiger partial charge on any atom is -0.309 e. The number of anilines is 3. The molecule has 1 nitrogen and oxygen atoms in total. The summed E-state index contributed by atoms with van der Waals surface area (Å²) in [6, 6.07) is 70.8. The number of nitrogens with zero attached hydrogens (tertiary/aromatic N) is 1. The minimum absolute atomic E-state index is 1.23. The van der Waals surface area contributed by atoms with E-state index in [1.165, 1.54) is 93.4 Å². The summed E-state index contributed by atoms with van der Waals surface area (Å²) in [5.74, 6) is 0. The zero-order valence-electron chi connectivity index (χ0n) is 27.3. The van der Waals surface area contributed by atoms with E-state index < -0.39 is 8.07 Å². The first-order valence-electron chi connectivity index (χ1n) is 17.4. The normalized spacial score (nSPS) is 13.7. The van der Waals surface area contributed by atoms with E-state index in [0.29, 0.717) is 0 Å². The molecule has 8 aromatic carbocycles. The van der Waals surface area contributed by atoms with Crippen molar-refractivity contribution in [3.63, 3.8) is 0 Å². The molecular formula is C48H31NSi. The van der Waals surface area contributed by atoms with Crippen molar-refractivity contribution >= 4 is 45.9 Å². The van der Waals surface area contributed by atoms with Gasteiger partial charge in [-0.3, -0.25) is 0 Å². The van der Waals surface area contributed by atoms with E-state index in [4.69, 9.17) is 0 Å². The molecule has 0 aliphatic carbocycles. The zero-order valence-corrected chi connectivity index (χ0v) is 28.3. The van der Waals surface area contributed by atoms with Gasteiger partial charge in [0.1, 0.15) is 0 Å². The molecule has 0 unspecified atom stereocenters. The van der Waals surface area contributed by atoms with Crippen molar-refractivity contribution < 1.29 is 0 Å². The second-order valence-electron chi connectivity index (χ2n) is 13.6. The Morgan fingerprint density at radius 3 is 1.44 bits per heavy atom. The quantitative estimate of drug-likeness (QED) is 0.169. The third-order valence-electron chi connectivity index (χ3n) is 11.2. The molecule has 0 aromatic heterocycles. The molecule has 0 saturated carbocycles. The van der Waals surface area contributed by atoms with Crippen molar-refractivity contribution in [2.45, 2.75) is 0 Å². The summed E-state index contributed by atoms with van der Waals surface area (Å²) in [5, 5.41) is 5.85. The number of rotatable bonds is 2. The van der Waals surface area contributed by atoms with Gasteiger partial charge >= 0.3 is 0 Å². The molecule has 0 N–H and O–H groups in total. The van der Waals surface area contributed by atoms with Gasteiger partial charge < -0.3 is 4.90 Å². The van der Waals surface area contributed by atoms with Gasteiger partial charge in [0.2, 0.25) is 0 Å². The fraction of sp³-hybridized carbons (Fsp3) is 0. The fourth-order valence-electron chi connectivity index (χ4n) is 9.19. The number of hydrogen-bond donors (Lipinski definition) is 0. The highest BCUT2D eigenvalue weighted by atomic mass is 28.3. The summed E-state index contributed by atoms with van der Waals surface area (Å²) in [7, 11) is -2.89. The smallest absolute Gasteiger partial charge is 0.185 e. The molecule has 0 saturated heterocycles. The van der Waals surface area contributed by atoms with E-state index in [1.807, 2.05) is 0 Å². The van der Waals surface area contributed by atoms with Gasteiger partial charge in [-0.05, 0) is 83.5 Å². The number of hydrogen-bond acceptors (Lipinski definition) is 1. The van der Waals surface area contributed by atoms with Crippen molar-refractivity contribution in [2.75, 3.05) is 4.90 Å². The van der Waals surface area contributed by atoms with E-state index in [9.17, 15) is 0 Å². The van der Waals surface area contributed by atoms with Crippen LogP contribution in [0.3, 0.4) is 0 Å². The standard InChI is InChI=1S/C48H31NSi/c1-3-15-32(16-4-1)34-27-28-43-46(30-34)50(44-25-13-10-22-39(44)40-23-11-14-26-45(40)50)47-31-35(33-17-5-2-6-18-33)29-41-37-20-8-7-19-36(37)38-21-9-12-24-42(38)49(43)48(41)47/h1-31H. The van der Waals surface area contributed by atoms with Gasteiger partial charge in [0.15, 0.2) is 8.07 Å². The molecule has 0 amide bonds. The van der Waals surface area contributed by atoms with Gasteiger partial charge in [-0.15, -0.1) is 0 Å². The molecule has 11 rings (SSSR count). The van der Waals surface area contributed by atoms with Crippen LogP contribution in [-0.4, -0.2) is 8.07 Å². The van der Waals surface area contributed by atoms with Crippen molar-refractivity contribution in [3.05, 3.63) is 188 Å². The molecular weight excluding hydrogens is 619 g/mol. The second-order valence-corrected chi connectivity index (χ2v) is 17.3. The number of para-hydroxylation sites is 1. The maximum atomic E-state index is 2.61. The highest BCUT2D eigenvalue weighted by Gasteiger charge is 2.55. The molecule has 0 radical (unpaired) electrons.